The molecule has 0 aromatic rings. The van der Waals surface area contributed by atoms with Gasteiger partial charge < -0.3 is 15.7 Å². The summed E-state index contributed by atoms with van der Waals surface area (Å²) in [7, 11) is 0. The third-order valence-corrected chi connectivity index (χ3v) is 2.29. The number of carboxylic acids is 1. The highest BCUT2D eigenvalue weighted by Gasteiger charge is 2.06. The van der Waals surface area contributed by atoms with Crippen LogP contribution in [0, 0.1) is 0 Å². The van der Waals surface area contributed by atoms with Crippen molar-refractivity contribution in [2.45, 2.75) is 0 Å². The second-order valence-electron chi connectivity index (χ2n) is 2.75. The van der Waals surface area contributed by atoms with Crippen LogP contribution in [-0.4, -0.2) is 47.5 Å². The molecule has 3 N–H and O–H groups in total. The quantitative estimate of drug-likeness (QED) is 0.386. The Kier molecular flexibility index (Phi) is 7.96. The van der Waals surface area contributed by atoms with Crippen LogP contribution in [0.4, 0.5) is 0 Å². The molecule has 0 saturated carbocycles. The van der Waals surface area contributed by atoms with E-state index in [1.165, 1.54) is 11.8 Å². The number of nitrogens with one attached hydrogen (secondary N) is 2. The number of carbonyl (C=O) groups excluding carboxylic acids is 2. The molecule has 0 bridgehead atoms. The van der Waals surface area contributed by atoms with Gasteiger partial charge >= 0.3 is 5.97 Å². The monoisotopic (exact) mass is 246 g/mol. The lowest BCUT2D eigenvalue weighted by Crippen LogP contribution is -2.39. The van der Waals surface area contributed by atoms with Crippen molar-refractivity contribution in [2.24, 2.45) is 0 Å². The third-order valence-electron chi connectivity index (χ3n) is 1.35. The molecular weight excluding hydrogens is 232 g/mol. The van der Waals surface area contributed by atoms with Crippen LogP contribution >= 0.6 is 11.8 Å². The lowest BCUT2D eigenvalue weighted by molar-refractivity contribution is -0.137. The van der Waals surface area contributed by atoms with Gasteiger partial charge in [0.25, 0.3) is 0 Å². The van der Waals surface area contributed by atoms with Crippen LogP contribution in [-0.2, 0) is 14.4 Å². The molecule has 0 aliphatic carbocycles. The number of amides is 2. The molecule has 0 heterocycles. The first-order valence-corrected chi connectivity index (χ1v) is 5.65. The fourth-order valence-electron chi connectivity index (χ4n) is 0.702. The summed E-state index contributed by atoms with van der Waals surface area (Å²) in [6.45, 7) is 2.85. The van der Waals surface area contributed by atoms with E-state index in [0.29, 0.717) is 5.75 Å². The maximum Gasteiger partial charge on any atom is 0.322 e. The highest BCUT2D eigenvalue weighted by Crippen LogP contribution is 1.97. The van der Waals surface area contributed by atoms with Crippen LogP contribution in [0.15, 0.2) is 12.7 Å². The Morgan fingerprint density at radius 2 is 1.81 bits per heavy atom. The van der Waals surface area contributed by atoms with Gasteiger partial charge in [-0.25, -0.2) is 0 Å². The van der Waals surface area contributed by atoms with Crippen LogP contribution in [0.1, 0.15) is 0 Å². The Bertz CT molecular complexity index is 281. The number of thioether (sulfide) groups is 1. The van der Waals surface area contributed by atoms with Gasteiger partial charge in [-0.15, -0.1) is 18.3 Å². The molecule has 0 rings (SSSR count). The first kappa shape index (κ1) is 14.5. The molecule has 0 aliphatic rings. The van der Waals surface area contributed by atoms with E-state index in [2.05, 4.69) is 17.2 Å². The molecule has 6 nitrogen and oxygen atoms in total. The summed E-state index contributed by atoms with van der Waals surface area (Å²) >= 11 is 1.38. The second kappa shape index (κ2) is 8.78. The highest BCUT2D eigenvalue weighted by atomic mass is 32.2. The van der Waals surface area contributed by atoms with Gasteiger partial charge in [0, 0.05) is 5.75 Å². The smallest absolute Gasteiger partial charge is 0.322 e. The highest BCUT2D eigenvalue weighted by molar-refractivity contribution is 8.00. The van der Waals surface area contributed by atoms with E-state index in [0.717, 1.165) is 0 Å². The predicted octanol–water partition coefficient (Wildman–Crippen LogP) is -0.777. The zero-order chi connectivity index (χ0) is 12.4. The fraction of sp³-hybridized carbons (Fsp3) is 0.444. The average molecular weight is 246 g/mol. The summed E-state index contributed by atoms with van der Waals surface area (Å²) in [5, 5.41) is 12.8. The Morgan fingerprint density at radius 1 is 1.19 bits per heavy atom. The summed E-state index contributed by atoms with van der Waals surface area (Å²) in [6, 6.07) is 0. The number of hydrogen-bond donors (Lipinski definition) is 3. The minimum absolute atomic E-state index is 0.208. The van der Waals surface area contributed by atoms with E-state index in [-0.39, 0.29) is 18.2 Å². The van der Waals surface area contributed by atoms with Gasteiger partial charge in [0.05, 0.1) is 12.3 Å². The van der Waals surface area contributed by atoms with E-state index < -0.39 is 18.4 Å². The predicted molar refractivity (Wildman–Crippen MR) is 61.2 cm³/mol. The molecule has 0 aromatic carbocycles. The Hall–Kier alpha value is -1.50. The van der Waals surface area contributed by atoms with E-state index >= 15 is 0 Å². The largest absolute Gasteiger partial charge is 0.480 e. The normalized spacial score (nSPS) is 9.25. The Labute approximate surface area is 97.5 Å². The molecule has 0 unspecified atom stereocenters. The topological polar surface area (TPSA) is 95.5 Å². The summed E-state index contributed by atoms with van der Waals surface area (Å²) in [5.74, 6) is -1.00. The molecule has 7 heteroatoms. The molecule has 2 amide bonds. The molecule has 0 saturated heterocycles. The Balaban J connectivity index is 3.54. The first-order chi connectivity index (χ1) is 7.56. The van der Waals surface area contributed by atoms with Crippen molar-refractivity contribution < 1.29 is 19.5 Å². The van der Waals surface area contributed by atoms with Crippen molar-refractivity contribution in [1.82, 2.24) is 10.6 Å². The van der Waals surface area contributed by atoms with Crippen molar-refractivity contribution in [3.8, 4) is 0 Å². The summed E-state index contributed by atoms with van der Waals surface area (Å²) in [6.07, 6.45) is 1.68. The van der Waals surface area contributed by atoms with Gasteiger partial charge in [-0.2, -0.15) is 0 Å². The SMILES string of the molecule is C=CCSCC(=O)NCC(=O)NCC(=O)O. The van der Waals surface area contributed by atoms with Crippen molar-refractivity contribution in [1.29, 1.82) is 0 Å². The first-order valence-electron chi connectivity index (χ1n) is 4.50. The third kappa shape index (κ3) is 9.07. The number of carbonyl (C=O) groups is 3. The summed E-state index contributed by atoms with van der Waals surface area (Å²) in [4.78, 5) is 32.2. The fourth-order valence-corrected chi connectivity index (χ4v) is 1.27. The lowest BCUT2D eigenvalue weighted by atomic mass is 10.5. The van der Waals surface area contributed by atoms with Gasteiger partial charge in [0.15, 0.2) is 0 Å². The van der Waals surface area contributed by atoms with Gasteiger partial charge in [0.1, 0.15) is 6.54 Å². The molecule has 90 valence electrons. The van der Waals surface area contributed by atoms with E-state index in [4.69, 9.17) is 5.11 Å². The lowest BCUT2D eigenvalue weighted by Gasteiger charge is -2.04. The van der Waals surface area contributed by atoms with E-state index in [9.17, 15) is 14.4 Å². The molecular formula is C9H14N2O4S. The van der Waals surface area contributed by atoms with Crippen LogP contribution in [0.25, 0.3) is 0 Å². The zero-order valence-corrected chi connectivity index (χ0v) is 9.51. The number of rotatable bonds is 8. The van der Waals surface area contributed by atoms with E-state index in [1.807, 2.05) is 0 Å². The van der Waals surface area contributed by atoms with Crippen LogP contribution in [0.2, 0.25) is 0 Å². The average Bonchev–Trinajstić information content (AvgIpc) is 2.24. The van der Waals surface area contributed by atoms with Crippen LogP contribution in [0.5, 0.6) is 0 Å². The second-order valence-corrected chi connectivity index (χ2v) is 3.78. The zero-order valence-electron chi connectivity index (χ0n) is 8.69. The van der Waals surface area contributed by atoms with Crippen LogP contribution in [0.3, 0.4) is 0 Å². The number of hydrogen-bond acceptors (Lipinski definition) is 4. The molecule has 0 aliphatic heterocycles. The van der Waals surface area contributed by atoms with Gasteiger partial charge in [0.2, 0.25) is 11.8 Å². The van der Waals surface area contributed by atoms with Gasteiger partial charge in [-0.3, -0.25) is 14.4 Å². The van der Waals surface area contributed by atoms with Gasteiger partial charge in [-0.1, -0.05) is 6.08 Å². The minimum Gasteiger partial charge on any atom is -0.480 e. The maximum atomic E-state index is 11.1. The Morgan fingerprint density at radius 3 is 2.38 bits per heavy atom. The van der Waals surface area contributed by atoms with Crippen molar-refractivity contribution in [2.75, 3.05) is 24.6 Å². The van der Waals surface area contributed by atoms with Crippen molar-refractivity contribution in [3.63, 3.8) is 0 Å². The number of carboxylic acid groups (broad SMARTS) is 1. The van der Waals surface area contributed by atoms with Crippen molar-refractivity contribution in [3.05, 3.63) is 12.7 Å². The van der Waals surface area contributed by atoms with E-state index in [1.54, 1.807) is 6.08 Å². The molecule has 0 aromatic heterocycles. The van der Waals surface area contributed by atoms with Crippen LogP contribution < -0.4 is 10.6 Å². The minimum atomic E-state index is -1.12. The van der Waals surface area contributed by atoms with Gasteiger partial charge in [-0.05, 0) is 0 Å². The molecule has 0 spiro atoms. The standard InChI is InChI=1S/C9H14N2O4S/c1-2-3-16-6-8(13)10-4-7(12)11-5-9(14)15/h2H,1,3-6H2,(H,10,13)(H,11,12)(H,14,15). The summed E-state index contributed by atoms with van der Waals surface area (Å²) in [5.41, 5.74) is 0. The molecule has 0 fully saturated rings. The maximum absolute atomic E-state index is 11.1. The number of aliphatic carboxylic acids is 1. The molecule has 0 atom stereocenters. The molecule has 0 radical (unpaired) electrons. The molecule has 16 heavy (non-hydrogen) atoms. The van der Waals surface area contributed by atoms with Crippen molar-refractivity contribution >= 4 is 29.5 Å². The summed E-state index contributed by atoms with van der Waals surface area (Å²) < 4.78 is 0.